The van der Waals surface area contributed by atoms with Crippen LogP contribution in [0.4, 0.5) is 5.69 Å². The van der Waals surface area contributed by atoms with E-state index in [0.717, 1.165) is 5.57 Å². The van der Waals surface area contributed by atoms with Gasteiger partial charge in [-0.15, -0.1) is 0 Å². The van der Waals surface area contributed by atoms with Gasteiger partial charge in [0.1, 0.15) is 5.75 Å². The van der Waals surface area contributed by atoms with Crippen LogP contribution in [0.15, 0.2) is 30.4 Å². The average molecular weight is 294 g/mol. The normalized spacial score (nSPS) is 10.0. The highest BCUT2D eigenvalue weighted by Gasteiger charge is 2.16. The summed E-state index contributed by atoms with van der Waals surface area (Å²) in [6.45, 7) is 6.67. The van der Waals surface area contributed by atoms with Gasteiger partial charge in [-0.2, -0.15) is 0 Å². The number of rotatable bonds is 8. The number of nitrogens with one attached hydrogen (secondary N) is 1. The van der Waals surface area contributed by atoms with Gasteiger partial charge in [-0.1, -0.05) is 12.2 Å². The summed E-state index contributed by atoms with van der Waals surface area (Å²) in [5.41, 5.74) is 1.01. The lowest BCUT2D eigenvalue weighted by Crippen LogP contribution is -2.27. The van der Waals surface area contributed by atoms with Crippen molar-refractivity contribution in [3.63, 3.8) is 0 Å². The number of hydrogen-bond acceptors (Lipinski definition) is 5. The molecule has 0 aromatic heterocycles. The number of methoxy groups -OCH3 is 1. The molecule has 0 saturated carbocycles. The second kappa shape index (κ2) is 8.01. The van der Waals surface area contributed by atoms with Gasteiger partial charge in [-0.3, -0.25) is 14.9 Å². The van der Waals surface area contributed by atoms with Crippen molar-refractivity contribution in [3.8, 4) is 5.75 Å². The molecule has 0 heterocycles. The van der Waals surface area contributed by atoms with Crippen LogP contribution in [0, 0.1) is 10.1 Å². The Kier molecular flexibility index (Phi) is 6.35. The molecule has 0 fully saturated rings. The fraction of sp³-hybridized carbons (Fsp3) is 0.357. The summed E-state index contributed by atoms with van der Waals surface area (Å²) in [6.07, 6.45) is 0. The lowest BCUT2D eigenvalue weighted by Gasteiger charge is -2.09. The monoisotopic (exact) mass is 294 g/mol. The molecule has 7 nitrogen and oxygen atoms in total. The first-order valence-electron chi connectivity index (χ1n) is 6.28. The van der Waals surface area contributed by atoms with Gasteiger partial charge >= 0.3 is 0 Å². The number of carbonyl (C=O) groups excluding carboxylic acids is 1. The molecule has 1 rings (SSSR count). The molecular weight excluding hydrogens is 276 g/mol. The second-order valence-electron chi connectivity index (χ2n) is 4.41. The van der Waals surface area contributed by atoms with E-state index in [9.17, 15) is 14.9 Å². The molecule has 114 valence electrons. The van der Waals surface area contributed by atoms with E-state index >= 15 is 0 Å². The quantitative estimate of drug-likeness (QED) is 0.342. The van der Waals surface area contributed by atoms with Crippen LogP contribution in [0.2, 0.25) is 0 Å². The molecule has 0 radical (unpaired) electrons. The van der Waals surface area contributed by atoms with Crippen LogP contribution in [0.5, 0.6) is 5.75 Å². The highest BCUT2D eigenvalue weighted by molar-refractivity contribution is 5.97. The van der Waals surface area contributed by atoms with Crippen molar-refractivity contribution in [2.75, 3.05) is 26.9 Å². The van der Waals surface area contributed by atoms with Crippen LogP contribution in [-0.2, 0) is 4.74 Å². The number of non-ortho nitro benzene ring substituents is 1. The molecule has 1 aromatic carbocycles. The van der Waals surface area contributed by atoms with Crippen LogP contribution >= 0.6 is 0 Å². The zero-order valence-corrected chi connectivity index (χ0v) is 12.0. The van der Waals surface area contributed by atoms with Gasteiger partial charge in [0.15, 0.2) is 0 Å². The van der Waals surface area contributed by atoms with Crippen molar-refractivity contribution in [2.45, 2.75) is 6.92 Å². The topological polar surface area (TPSA) is 90.7 Å². The first-order chi connectivity index (χ1) is 9.95. The van der Waals surface area contributed by atoms with Crippen LogP contribution in [0.3, 0.4) is 0 Å². The van der Waals surface area contributed by atoms with Crippen LogP contribution in [0.1, 0.15) is 17.3 Å². The van der Waals surface area contributed by atoms with Crippen LogP contribution in [-0.4, -0.2) is 37.7 Å². The third-order valence-electron chi connectivity index (χ3n) is 2.52. The van der Waals surface area contributed by atoms with Gasteiger partial charge in [0.25, 0.3) is 11.6 Å². The van der Waals surface area contributed by atoms with E-state index in [4.69, 9.17) is 9.47 Å². The average Bonchev–Trinajstić information content (AvgIpc) is 2.45. The summed E-state index contributed by atoms with van der Waals surface area (Å²) < 4.78 is 10.3. The fourth-order valence-electron chi connectivity index (χ4n) is 1.56. The van der Waals surface area contributed by atoms with E-state index in [1.165, 1.54) is 25.3 Å². The molecule has 1 aromatic rings. The Morgan fingerprint density at radius 1 is 1.48 bits per heavy atom. The van der Waals surface area contributed by atoms with Crippen LogP contribution in [0.25, 0.3) is 0 Å². The van der Waals surface area contributed by atoms with Gasteiger partial charge in [-0.05, 0) is 13.0 Å². The molecule has 0 aliphatic heterocycles. The van der Waals surface area contributed by atoms with Crippen molar-refractivity contribution in [2.24, 2.45) is 0 Å². The van der Waals surface area contributed by atoms with E-state index in [1.807, 2.05) is 6.92 Å². The number of hydrogen-bond donors (Lipinski definition) is 1. The smallest absolute Gasteiger partial charge is 0.273 e. The lowest BCUT2D eigenvalue weighted by molar-refractivity contribution is -0.384. The molecule has 1 amide bonds. The number of carbonyl (C=O) groups is 1. The molecule has 7 heteroatoms. The number of nitro groups is 1. The van der Waals surface area contributed by atoms with E-state index in [1.54, 1.807) is 0 Å². The van der Waals surface area contributed by atoms with Crippen molar-refractivity contribution in [1.82, 2.24) is 5.32 Å². The largest absolute Gasteiger partial charge is 0.496 e. The Morgan fingerprint density at radius 2 is 2.19 bits per heavy atom. The molecule has 0 aliphatic carbocycles. The molecule has 1 N–H and O–H groups in total. The summed E-state index contributed by atoms with van der Waals surface area (Å²) in [4.78, 5) is 22.1. The van der Waals surface area contributed by atoms with Gasteiger partial charge in [-0.25, -0.2) is 0 Å². The summed E-state index contributed by atoms with van der Waals surface area (Å²) in [7, 11) is 1.35. The zero-order valence-electron chi connectivity index (χ0n) is 12.0. The number of amides is 1. The Morgan fingerprint density at radius 3 is 2.76 bits per heavy atom. The molecule has 0 saturated heterocycles. The minimum Gasteiger partial charge on any atom is -0.496 e. The summed E-state index contributed by atoms with van der Waals surface area (Å²) in [5, 5.41) is 13.3. The van der Waals surface area contributed by atoms with E-state index in [0.29, 0.717) is 19.8 Å². The second-order valence-corrected chi connectivity index (χ2v) is 4.41. The van der Waals surface area contributed by atoms with Gasteiger partial charge in [0.2, 0.25) is 0 Å². The fourth-order valence-corrected chi connectivity index (χ4v) is 1.56. The Hall–Kier alpha value is -2.41. The SMILES string of the molecule is C=C(C)COCCNC(=O)c1ccc([N+](=O)[O-])cc1OC. The zero-order chi connectivity index (χ0) is 15.8. The molecule has 21 heavy (non-hydrogen) atoms. The summed E-state index contributed by atoms with van der Waals surface area (Å²) >= 11 is 0. The first kappa shape index (κ1) is 16.6. The summed E-state index contributed by atoms with van der Waals surface area (Å²) in [6, 6.07) is 3.84. The third-order valence-corrected chi connectivity index (χ3v) is 2.52. The predicted molar refractivity (Wildman–Crippen MR) is 77.6 cm³/mol. The molecule has 0 atom stereocenters. The maximum absolute atomic E-state index is 12.0. The molecule has 0 unspecified atom stereocenters. The number of nitrogens with zero attached hydrogens (tertiary/aromatic N) is 1. The minimum absolute atomic E-state index is 0.131. The number of ether oxygens (including phenoxy) is 2. The molecule has 0 bridgehead atoms. The van der Waals surface area contributed by atoms with Crippen LogP contribution < -0.4 is 10.1 Å². The predicted octanol–water partition coefficient (Wildman–Crippen LogP) is 1.93. The Bertz CT molecular complexity index is 542. The van der Waals surface area contributed by atoms with Crippen molar-refractivity contribution in [3.05, 3.63) is 46.0 Å². The molecule has 0 spiro atoms. The van der Waals surface area contributed by atoms with E-state index in [2.05, 4.69) is 11.9 Å². The van der Waals surface area contributed by atoms with Crippen molar-refractivity contribution in [1.29, 1.82) is 0 Å². The summed E-state index contributed by atoms with van der Waals surface area (Å²) in [5.74, 6) is -0.217. The molecular formula is C14H18N2O5. The van der Waals surface area contributed by atoms with Crippen molar-refractivity contribution < 1.29 is 19.2 Å². The Labute approximate surface area is 122 Å². The van der Waals surface area contributed by atoms with E-state index < -0.39 is 4.92 Å². The number of nitro benzene ring substituents is 1. The standard InChI is InChI=1S/C14H18N2O5/c1-10(2)9-21-7-6-15-14(17)12-5-4-11(16(18)19)8-13(12)20-3/h4-5,8H,1,6-7,9H2,2-3H3,(H,15,17). The van der Waals surface area contributed by atoms with Gasteiger partial charge in [0, 0.05) is 12.6 Å². The lowest BCUT2D eigenvalue weighted by atomic mass is 10.1. The minimum atomic E-state index is -0.546. The third kappa shape index (κ3) is 5.23. The first-order valence-corrected chi connectivity index (χ1v) is 6.28. The highest BCUT2D eigenvalue weighted by Crippen LogP contribution is 2.24. The maximum atomic E-state index is 12.0. The van der Waals surface area contributed by atoms with E-state index in [-0.39, 0.29) is 22.9 Å². The number of benzene rings is 1. The van der Waals surface area contributed by atoms with Crippen molar-refractivity contribution >= 4 is 11.6 Å². The van der Waals surface area contributed by atoms with Gasteiger partial charge in [0.05, 0.1) is 36.9 Å². The highest BCUT2D eigenvalue weighted by atomic mass is 16.6. The Balaban J connectivity index is 2.61. The van der Waals surface area contributed by atoms with Gasteiger partial charge < -0.3 is 14.8 Å². The maximum Gasteiger partial charge on any atom is 0.273 e. The molecule has 0 aliphatic rings.